The van der Waals surface area contributed by atoms with E-state index in [-0.39, 0.29) is 5.69 Å². The van der Waals surface area contributed by atoms with Gasteiger partial charge in [-0.05, 0) is 13.8 Å². The van der Waals surface area contributed by atoms with Gasteiger partial charge in [0.05, 0.1) is 17.0 Å². The molecule has 0 N–H and O–H groups in total. The van der Waals surface area contributed by atoms with E-state index < -0.39 is 17.5 Å². The molecule has 18 heavy (non-hydrogen) atoms. The second-order valence-electron chi connectivity index (χ2n) is 3.83. The van der Waals surface area contributed by atoms with E-state index >= 15 is 0 Å². The number of hydrogen-bond donors (Lipinski definition) is 0. The third-order valence-corrected chi connectivity index (χ3v) is 2.68. The van der Waals surface area contributed by atoms with Crippen LogP contribution in [-0.2, 0) is 0 Å². The number of halogens is 3. The lowest BCUT2D eigenvalue weighted by molar-refractivity contribution is 0.112. The van der Waals surface area contributed by atoms with Crippen molar-refractivity contribution in [3.05, 3.63) is 46.5 Å². The Morgan fingerprint density at radius 1 is 1.11 bits per heavy atom. The molecule has 94 valence electrons. The summed E-state index contributed by atoms with van der Waals surface area (Å²) >= 11 is 0. The summed E-state index contributed by atoms with van der Waals surface area (Å²) in [7, 11) is 0. The van der Waals surface area contributed by atoms with Crippen molar-refractivity contribution in [1.82, 2.24) is 9.78 Å². The summed E-state index contributed by atoms with van der Waals surface area (Å²) in [5.74, 6) is -3.39. The normalized spacial score (nSPS) is 10.7. The van der Waals surface area contributed by atoms with Crippen molar-refractivity contribution in [3.8, 4) is 5.69 Å². The molecular formula is C12H9F3N2O. The average Bonchev–Trinajstić information content (AvgIpc) is 2.59. The third-order valence-electron chi connectivity index (χ3n) is 2.68. The van der Waals surface area contributed by atoms with Crippen molar-refractivity contribution in [2.24, 2.45) is 0 Å². The van der Waals surface area contributed by atoms with Crippen molar-refractivity contribution in [2.75, 3.05) is 0 Å². The van der Waals surface area contributed by atoms with Crippen LogP contribution in [0.2, 0.25) is 0 Å². The van der Waals surface area contributed by atoms with E-state index in [0.717, 1.165) is 4.68 Å². The highest BCUT2D eigenvalue weighted by Gasteiger charge is 2.17. The molecule has 1 aromatic heterocycles. The van der Waals surface area contributed by atoms with Crippen LogP contribution in [0.25, 0.3) is 5.69 Å². The van der Waals surface area contributed by atoms with Gasteiger partial charge in [-0.15, -0.1) is 0 Å². The van der Waals surface area contributed by atoms with Crippen LogP contribution >= 0.6 is 0 Å². The molecule has 0 saturated carbocycles. The van der Waals surface area contributed by atoms with Crippen LogP contribution in [0.1, 0.15) is 21.7 Å². The van der Waals surface area contributed by atoms with Crippen molar-refractivity contribution in [1.29, 1.82) is 0 Å². The Bertz CT molecular complexity index is 635. The Balaban J connectivity index is 2.70. The summed E-state index contributed by atoms with van der Waals surface area (Å²) in [6, 6.07) is 1.15. The number of carbonyl (C=O) groups is 1. The number of benzene rings is 1. The Labute approximate surface area is 101 Å². The summed E-state index contributed by atoms with van der Waals surface area (Å²) in [5, 5.41) is 3.94. The summed E-state index contributed by atoms with van der Waals surface area (Å²) in [6.45, 7) is 3.12. The topological polar surface area (TPSA) is 34.9 Å². The van der Waals surface area contributed by atoms with Crippen LogP contribution in [0.5, 0.6) is 0 Å². The van der Waals surface area contributed by atoms with Crippen molar-refractivity contribution < 1.29 is 18.0 Å². The maximum Gasteiger partial charge on any atom is 0.161 e. The summed E-state index contributed by atoms with van der Waals surface area (Å²) in [4.78, 5) is 10.8. The molecule has 0 aliphatic heterocycles. The molecule has 0 saturated heterocycles. The van der Waals surface area contributed by atoms with Crippen molar-refractivity contribution in [2.45, 2.75) is 13.8 Å². The van der Waals surface area contributed by atoms with Crippen molar-refractivity contribution in [3.63, 3.8) is 0 Å². The summed E-state index contributed by atoms with van der Waals surface area (Å²) in [5.41, 5.74) is 0.834. The molecule has 1 aromatic carbocycles. The van der Waals surface area contributed by atoms with Crippen LogP contribution < -0.4 is 0 Å². The van der Waals surface area contributed by atoms with Gasteiger partial charge in [0.2, 0.25) is 0 Å². The monoisotopic (exact) mass is 254 g/mol. The fourth-order valence-electron chi connectivity index (χ4n) is 1.73. The van der Waals surface area contributed by atoms with Gasteiger partial charge in [0.25, 0.3) is 0 Å². The predicted molar refractivity (Wildman–Crippen MR) is 58.3 cm³/mol. The van der Waals surface area contributed by atoms with E-state index in [9.17, 15) is 18.0 Å². The SMILES string of the molecule is Cc1nn(-c2cc(F)c(F)cc2F)c(C)c1C=O. The first kappa shape index (κ1) is 12.3. The van der Waals surface area contributed by atoms with Crippen LogP contribution in [0.15, 0.2) is 12.1 Å². The lowest BCUT2D eigenvalue weighted by Gasteiger charge is -2.06. The highest BCUT2D eigenvalue weighted by Crippen LogP contribution is 2.21. The van der Waals surface area contributed by atoms with Gasteiger partial charge in [-0.1, -0.05) is 0 Å². The number of aromatic nitrogens is 2. The van der Waals surface area contributed by atoms with E-state index in [0.29, 0.717) is 35.4 Å². The Morgan fingerprint density at radius 2 is 1.72 bits per heavy atom. The number of nitrogens with zero attached hydrogens (tertiary/aromatic N) is 2. The van der Waals surface area contributed by atoms with Gasteiger partial charge >= 0.3 is 0 Å². The lowest BCUT2D eigenvalue weighted by Crippen LogP contribution is -2.04. The maximum atomic E-state index is 13.6. The van der Waals surface area contributed by atoms with Gasteiger partial charge < -0.3 is 0 Å². The number of aryl methyl sites for hydroxylation is 1. The zero-order valence-corrected chi connectivity index (χ0v) is 9.67. The van der Waals surface area contributed by atoms with Gasteiger partial charge in [-0.3, -0.25) is 4.79 Å². The van der Waals surface area contributed by atoms with E-state index in [4.69, 9.17) is 0 Å². The Morgan fingerprint density at radius 3 is 2.28 bits per heavy atom. The molecule has 2 aromatic rings. The van der Waals surface area contributed by atoms with Gasteiger partial charge in [0, 0.05) is 12.1 Å². The van der Waals surface area contributed by atoms with E-state index in [2.05, 4.69) is 5.10 Å². The molecule has 0 aliphatic rings. The molecular weight excluding hydrogens is 245 g/mol. The molecule has 0 bridgehead atoms. The molecule has 0 amide bonds. The third kappa shape index (κ3) is 1.79. The minimum absolute atomic E-state index is 0.234. The van der Waals surface area contributed by atoms with Gasteiger partial charge in [-0.25, -0.2) is 17.9 Å². The molecule has 6 heteroatoms. The standard InChI is InChI=1S/C12H9F3N2O/c1-6-8(5-18)7(2)17(16-6)12-4-10(14)9(13)3-11(12)15/h3-5H,1-2H3. The number of hydrogen-bond acceptors (Lipinski definition) is 2. The zero-order valence-electron chi connectivity index (χ0n) is 9.67. The molecule has 3 nitrogen and oxygen atoms in total. The molecule has 0 radical (unpaired) electrons. The Hall–Kier alpha value is -2.11. The second kappa shape index (κ2) is 4.29. The van der Waals surface area contributed by atoms with Crippen LogP contribution in [0.4, 0.5) is 13.2 Å². The smallest absolute Gasteiger partial charge is 0.161 e. The minimum Gasteiger partial charge on any atom is -0.298 e. The summed E-state index contributed by atoms with van der Waals surface area (Å²) in [6.07, 6.45) is 0.589. The second-order valence-corrected chi connectivity index (χ2v) is 3.83. The van der Waals surface area contributed by atoms with Gasteiger partial charge in [0.15, 0.2) is 23.7 Å². The van der Waals surface area contributed by atoms with Crippen LogP contribution in [-0.4, -0.2) is 16.1 Å². The molecule has 0 atom stereocenters. The molecule has 0 spiro atoms. The Kier molecular flexibility index (Phi) is 2.94. The summed E-state index contributed by atoms with van der Waals surface area (Å²) < 4.78 is 40.6. The predicted octanol–water partition coefficient (Wildman–Crippen LogP) is 2.72. The number of aldehydes is 1. The maximum absolute atomic E-state index is 13.6. The molecule has 0 aliphatic carbocycles. The first-order chi connectivity index (χ1) is 8.45. The first-order valence-corrected chi connectivity index (χ1v) is 5.12. The largest absolute Gasteiger partial charge is 0.298 e. The van der Waals surface area contributed by atoms with E-state index in [1.54, 1.807) is 13.8 Å². The quantitative estimate of drug-likeness (QED) is 0.610. The van der Waals surface area contributed by atoms with Crippen LogP contribution in [0.3, 0.4) is 0 Å². The molecule has 2 rings (SSSR count). The highest BCUT2D eigenvalue weighted by molar-refractivity contribution is 5.78. The van der Waals surface area contributed by atoms with Crippen LogP contribution in [0, 0.1) is 31.3 Å². The van der Waals surface area contributed by atoms with E-state index in [1.165, 1.54) is 0 Å². The fraction of sp³-hybridized carbons (Fsp3) is 0.167. The van der Waals surface area contributed by atoms with Crippen molar-refractivity contribution >= 4 is 6.29 Å². The average molecular weight is 254 g/mol. The first-order valence-electron chi connectivity index (χ1n) is 5.12. The number of rotatable bonds is 2. The van der Waals surface area contributed by atoms with Gasteiger partial charge in [-0.2, -0.15) is 5.10 Å². The minimum atomic E-state index is -1.27. The van der Waals surface area contributed by atoms with Gasteiger partial charge in [0.1, 0.15) is 5.69 Å². The molecule has 0 fully saturated rings. The molecule has 1 heterocycles. The highest BCUT2D eigenvalue weighted by atomic mass is 19.2. The molecule has 0 unspecified atom stereocenters. The van der Waals surface area contributed by atoms with E-state index in [1.807, 2.05) is 0 Å². The lowest BCUT2D eigenvalue weighted by atomic mass is 10.2. The number of carbonyl (C=O) groups excluding carboxylic acids is 1. The zero-order chi connectivity index (χ0) is 13.4. The fourth-order valence-corrected chi connectivity index (χ4v) is 1.73.